The zero-order valence-corrected chi connectivity index (χ0v) is 18.9. The first-order valence-corrected chi connectivity index (χ1v) is 11.6. The van der Waals surface area contributed by atoms with Gasteiger partial charge in [-0.3, -0.25) is 4.79 Å². The van der Waals surface area contributed by atoms with Gasteiger partial charge < -0.3 is 19.5 Å². The Morgan fingerprint density at radius 1 is 1.38 bits per heavy atom. The Hall–Kier alpha value is -2.02. The predicted molar refractivity (Wildman–Crippen MR) is 112 cm³/mol. The molecule has 12 heteroatoms. The van der Waals surface area contributed by atoms with Crippen LogP contribution in [0.3, 0.4) is 0 Å². The van der Waals surface area contributed by atoms with E-state index in [1.807, 2.05) is 28.7 Å². The highest BCUT2D eigenvalue weighted by Crippen LogP contribution is 2.36. The van der Waals surface area contributed by atoms with E-state index in [4.69, 9.17) is 19.4 Å². The number of carboxylic acid groups (broad SMARTS) is 1. The first-order chi connectivity index (χ1) is 15.1. The molecule has 32 heavy (non-hydrogen) atoms. The van der Waals surface area contributed by atoms with Crippen molar-refractivity contribution >= 4 is 34.6 Å². The van der Waals surface area contributed by atoms with Gasteiger partial charge in [-0.2, -0.15) is 24.5 Å². The van der Waals surface area contributed by atoms with Gasteiger partial charge in [0, 0.05) is 18.4 Å². The molecule has 0 aromatic carbocycles. The van der Waals surface area contributed by atoms with Gasteiger partial charge in [-0.05, 0) is 35.7 Å². The van der Waals surface area contributed by atoms with Gasteiger partial charge in [0.25, 0.3) is 0 Å². The third-order valence-corrected chi connectivity index (χ3v) is 6.62. The molecule has 2 aromatic rings. The highest BCUT2D eigenvalue weighted by molar-refractivity contribution is 7.09. The van der Waals surface area contributed by atoms with Gasteiger partial charge in [0.05, 0.1) is 42.9 Å². The van der Waals surface area contributed by atoms with Crippen molar-refractivity contribution in [1.82, 2.24) is 9.88 Å². The number of likely N-dealkylation sites (tertiary alicyclic amines) is 1. The molecule has 0 radical (unpaired) electrons. The van der Waals surface area contributed by atoms with E-state index >= 15 is 0 Å². The molecule has 0 saturated carbocycles. The van der Waals surface area contributed by atoms with E-state index in [0.717, 1.165) is 29.1 Å². The summed E-state index contributed by atoms with van der Waals surface area (Å²) < 4.78 is 43.8. The van der Waals surface area contributed by atoms with E-state index in [1.165, 1.54) is 0 Å². The molecule has 1 N–H and O–H groups in total. The quantitative estimate of drug-likeness (QED) is 0.685. The van der Waals surface area contributed by atoms with E-state index < -0.39 is 12.1 Å². The summed E-state index contributed by atoms with van der Waals surface area (Å²) >= 11 is 3.28. The molecule has 2 aliphatic heterocycles. The molecule has 2 saturated heterocycles. The summed E-state index contributed by atoms with van der Waals surface area (Å²) in [6.07, 6.45) is -2.64. The Morgan fingerprint density at radius 3 is 2.66 bits per heavy atom. The third-order valence-electron chi connectivity index (χ3n) is 5.07. The average Bonchev–Trinajstić information content (AvgIpc) is 3.36. The van der Waals surface area contributed by atoms with Crippen LogP contribution in [0.2, 0.25) is 0 Å². The fourth-order valence-corrected chi connectivity index (χ4v) is 4.79. The second-order valence-electron chi connectivity index (χ2n) is 7.68. The molecule has 176 valence electrons. The number of amides is 1. The molecule has 2 fully saturated rings. The average molecular weight is 493 g/mol. The van der Waals surface area contributed by atoms with Gasteiger partial charge >= 0.3 is 12.1 Å². The van der Waals surface area contributed by atoms with E-state index in [0.29, 0.717) is 32.7 Å². The minimum atomic E-state index is -5.08. The number of carboxylic acids is 1. The van der Waals surface area contributed by atoms with Crippen molar-refractivity contribution in [3.05, 3.63) is 38.5 Å². The Morgan fingerprint density at radius 2 is 2.09 bits per heavy atom. The number of carbonyl (C=O) groups excluding carboxylic acids is 1. The molecular formula is C20H23F3N2O5S2. The molecule has 1 unspecified atom stereocenters. The molecule has 1 atom stereocenters. The lowest BCUT2D eigenvalue weighted by Crippen LogP contribution is -2.67. The van der Waals surface area contributed by atoms with Crippen molar-refractivity contribution in [1.29, 1.82) is 0 Å². The van der Waals surface area contributed by atoms with Gasteiger partial charge in [0.15, 0.2) is 0 Å². The Balaban J connectivity index is 0.000000360. The summed E-state index contributed by atoms with van der Waals surface area (Å²) in [6, 6.07) is 2.01. The van der Waals surface area contributed by atoms with Crippen molar-refractivity contribution in [3.8, 4) is 0 Å². The van der Waals surface area contributed by atoms with E-state index in [-0.39, 0.29) is 17.6 Å². The van der Waals surface area contributed by atoms with Crippen molar-refractivity contribution in [2.75, 3.05) is 19.7 Å². The molecule has 0 aliphatic carbocycles. The number of thiophene rings is 1. The molecule has 2 aliphatic rings. The summed E-state index contributed by atoms with van der Waals surface area (Å²) in [7, 11) is 0. The van der Waals surface area contributed by atoms with E-state index in [1.54, 1.807) is 22.7 Å². The van der Waals surface area contributed by atoms with Crippen molar-refractivity contribution in [2.24, 2.45) is 0 Å². The number of aliphatic carboxylic acids is 1. The fraction of sp³-hybridized carbons (Fsp3) is 0.550. The number of hydrogen-bond acceptors (Lipinski definition) is 7. The Labute approximate surface area is 190 Å². The van der Waals surface area contributed by atoms with E-state index in [2.05, 4.69) is 10.4 Å². The predicted octanol–water partition coefficient (Wildman–Crippen LogP) is 3.67. The van der Waals surface area contributed by atoms with E-state index in [9.17, 15) is 18.0 Å². The monoisotopic (exact) mass is 492 g/mol. The number of carbonyl (C=O) groups is 2. The lowest BCUT2D eigenvalue weighted by atomic mass is 9.84. The zero-order valence-electron chi connectivity index (χ0n) is 17.3. The highest BCUT2D eigenvalue weighted by atomic mass is 32.1. The van der Waals surface area contributed by atoms with Crippen LogP contribution in [0.25, 0.3) is 0 Å². The van der Waals surface area contributed by atoms with Crippen LogP contribution < -0.4 is 0 Å². The number of rotatable bonds is 5. The van der Waals surface area contributed by atoms with Crippen molar-refractivity contribution < 1.29 is 37.3 Å². The Kier molecular flexibility index (Phi) is 7.91. The number of halogens is 3. The summed E-state index contributed by atoms with van der Waals surface area (Å²) in [6.45, 7) is 4.64. The molecular weight excluding hydrogens is 469 g/mol. The van der Waals surface area contributed by atoms with Crippen LogP contribution in [-0.4, -0.2) is 64.4 Å². The molecule has 1 spiro atoms. The van der Waals surface area contributed by atoms with Crippen molar-refractivity contribution in [2.45, 2.75) is 50.7 Å². The number of aromatic nitrogens is 1. The van der Waals surface area contributed by atoms with Gasteiger partial charge in [0.1, 0.15) is 5.60 Å². The summed E-state index contributed by atoms with van der Waals surface area (Å²) in [4.78, 5) is 27.6. The maximum Gasteiger partial charge on any atom is 0.490 e. The lowest BCUT2D eigenvalue weighted by molar-refractivity contribution is -0.202. The number of nitrogens with zero attached hydrogens (tertiary/aromatic N) is 2. The number of ether oxygens (including phenoxy) is 2. The summed E-state index contributed by atoms with van der Waals surface area (Å²) in [5.41, 5.74) is 1.90. The van der Waals surface area contributed by atoms with Crippen LogP contribution in [-0.2, 0) is 32.1 Å². The zero-order chi connectivity index (χ0) is 23.4. The maximum absolute atomic E-state index is 12.3. The molecule has 0 bridgehead atoms. The maximum atomic E-state index is 12.3. The number of aryl methyl sites for hydroxylation is 1. The van der Waals surface area contributed by atoms with Gasteiger partial charge in [-0.15, -0.1) is 11.3 Å². The van der Waals surface area contributed by atoms with Gasteiger partial charge in [-0.25, -0.2) is 9.78 Å². The third kappa shape index (κ3) is 6.74. The minimum absolute atomic E-state index is 0.185. The van der Waals surface area contributed by atoms with Crippen molar-refractivity contribution in [3.63, 3.8) is 0 Å². The smallest absolute Gasteiger partial charge is 0.475 e. The first-order valence-electron chi connectivity index (χ1n) is 9.82. The summed E-state index contributed by atoms with van der Waals surface area (Å²) in [5.74, 6) is -2.57. The second-order valence-corrected chi connectivity index (χ2v) is 9.52. The molecule has 4 heterocycles. The minimum Gasteiger partial charge on any atom is -0.475 e. The number of hydrogen-bond donors (Lipinski definition) is 1. The SMILES string of the molecule is Cc1nc(COC2CCOC3(C2)CN(C(=O)Cc2ccsc2)C3)cs1.O=C(O)C(F)(F)F. The number of alkyl halides is 3. The standard InChI is InChI=1S/C18H22N2O3S2.C2HF3O2/c1-13-19-15(10-25-13)8-22-16-2-4-23-18(7-16)11-20(12-18)17(21)6-14-3-5-24-9-14;3-2(4,5)1(6)7/h3,5,9-10,16H,2,4,6-8,11-12H2,1H3;(H,6,7). The Bertz CT molecular complexity index is 911. The fourth-order valence-electron chi connectivity index (χ4n) is 3.53. The topological polar surface area (TPSA) is 89.0 Å². The largest absolute Gasteiger partial charge is 0.490 e. The molecule has 7 nitrogen and oxygen atoms in total. The van der Waals surface area contributed by atoms with Gasteiger partial charge in [-0.1, -0.05) is 0 Å². The molecule has 1 amide bonds. The highest BCUT2D eigenvalue weighted by Gasteiger charge is 2.49. The van der Waals surface area contributed by atoms with Crippen LogP contribution in [0.15, 0.2) is 22.2 Å². The lowest BCUT2D eigenvalue weighted by Gasteiger charge is -2.53. The molecule has 2 aromatic heterocycles. The second kappa shape index (κ2) is 10.3. The number of thiazole rings is 1. The van der Waals surface area contributed by atoms with Crippen LogP contribution in [0.4, 0.5) is 13.2 Å². The van der Waals surface area contributed by atoms with Crippen LogP contribution in [0, 0.1) is 6.92 Å². The first kappa shape index (κ1) is 24.6. The summed E-state index contributed by atoms with van der Waals surface area (Å²) in [5, 5.41) is 14.3. The molecule has 4 rings (SSSR count). The normalized spacial score (nSPS) is 19.8. The van der Waals surface area contributed by atoms with Crippen LogP contribution in [0.1, 0.15) is 29.1 Å². The van der Waals surface area contributed by atoms with Gasteiger partial charge in [0.2, 0.25) is 5.91 Å². The van der Waals surface area contributed by atoms with Crippen LogP contribution in [0.5, 0.6) is 0 Å². The van der Waals surface area contributed by atoms with Crippen LogP contribution >= 0.6 is 22.7 Å².